The lowest BCUT2D eigenvalue weighted by atomic mass is 9.98. The number of rotatable bonds is 9. The van der Waals surface area contributed by atoms with Crippen LogP contribution in [0.1, 0.15) is 47.0 Å². The predicted molar refractivity (Wildman–Crippen MR) is 140 cm³/mol. The Morgan fingerprint density at radius 3 is 1.92 bits per heavy atom. The van der Waals surface area contributed by atoms with Gasteiger partial charge < -0.3 is 18.9 Å². The van der Waals surface area contributed by atoms with Crippen LogP contribution in [-0.2, 0) is 6.18 Å². The van der Waals surface area contributed by atoms with E-state index in [2.05, 4.69) is 0 Å². The lowest BCUT2D eigenvalue weighted by Gasteiger charge is -2.23. The molecule has 198 valence electrons. The van der Waals surface area contributed by atoms with Gasteiger partial charge >= 0.3 is 6.18 Å². The Morgan fingerprint density at radius 1 is 0.865 bits per heavy atom. The molecular weight excluding hydrogens is 505 g/mol. The summed E-state index contributed by atoms with van der Waals surface area (Å²) in [5.74, 6) is 2.09. The minimum atomic E-state index is -4.48. The molecule has 0 amide bonds. The lowest BCUT2D eigenvalue weighted by Crippen LogP contribution is -2.07. The molecule has 0 aliphatic rings. The fourth-order valence-electron chi connectivity index (χ4n) is 3.99. The number of hydrogen-bond acceptors (Lipinski definition) is 6. The summed E-state index contributed by atoms with van der Waals surface area (Å²) in [6.45, 7) is 3.90. The van der Waals surface area contributed by atoms with Gasteiger partial charge in [0.2, 0.25) is 5.12 Å². The van der Waals surface area contributed by atoms with Crippen molar-refractivity contribution < 1.29 is 36.9 Å². The van der Waals surface area contributed by atoms with Crippen LogP contribution in [0, 0.1) is 0 Å². The standard InChI is InChI=1S/C28H29F3O5S/c1-16(2)7-14-23(37-27(32)17-8-10-18(11-9-17)28(29,30)31)19-15-22(35-5)24-20(33-3)12-13-21(34-4)25(24)26(19)36-6/h7-13,15,23H,14H2,1-6H3. The Bertz CT molecular complexity index is 1300. The Morgan fingerprint density at radius 2 is 1.43 bits per heavy atom. The van der Waals surface area contributed by atoms with Crippen molar-refractivity contribution in [3.05, 3.63) is 70.8 Å². The fraction of sp³-hybridized carbons (Fsp3) is 0.321. The fourth-order valence-corrected chi connectivity index (χ4v) is 5.02. The number of thioether (sulfide) groups is 1. The molecule has 0 N–H and O–H groups in total. The second kappa shape index (κ2) is 11.8. The number of halogens is 3. The van der Waals surface area contributed by atoms with Gasteiger partial charge in [0.1, 0.15) is 23.0 Å². The van der Waals surface area contributed by atoms with Gasteiger partial charge in [-0.3, -0.25) is 4.79 Å². The van der Waals surface area contributed by atoms with Crippen LogP contribution in [0.4, 0.5) is 13.2 Å². The van der Waals surface area contributed by atoms with E-state index < -0.39 is 17.0 Å². The Kier molecular flexibility index (Phi) is 9.02. The molecule has 0 saturated heterocycles. The Labute approximate surface area is 218 Å². The average molecular weight is 535 g/mol. The van der Waals surface area contributed by atoms with Crippen LogP contribution < -0.4 is 18.9 Å². The van der Waals surface area contributed by atoms with E-state index in [1.54, 1.807) is 32.4 Å². The average Bonchev–Trinajstić information content (AvgIpc) is 2.88. The summed E-state index contributed by atoms with van der Waals surface area (Å²) in [6.07, 6.45) is -2.01. The molecule has 0 heterocycles. The zero-order chi connectivity index (χ0) is 27.3. The second-order valence-electron chi connectivity index (χ2n) is 8.41. The second-order valence-corrected chi connectivity index (χ2v) is 9.58. The van der Waals surface area contributed by atoms with Crippen LogP contribution in [-0.4, -0.2) is 33.6 Å². The van der Waals surface area contributed by atoms with E-state index in [1.165, 1.54) is 26.4 Å². The largest absolute Gasteiger partial charge is 0.496 e. The van der Waals surface area contributed by atoms with E-state index >= 15 is 0 Å². The maximum atomic E-state index is 13.2. The quantitative estimate of drug-likeness (QED) is 0.261. The summed E-state index contributed by atoms with van der Waals surface area (Å²) >= 11 is 1.01. The van der Waals surface area contributed by atoms with Crippen molar-refractivity contribution in [2.24, 2.45) is 0 Å². The van der Waals surface area contributed by atoms with Crippen LogP contribution in [0.3, 0.4) is 0 Å². The molecule has 0 aliphatic carbocycles. The zero-order valence-electron chi connectivity index (χ0n) is 21.5. The van der Waals surface area contributed by atoms with Crippen LogP contribution in [0.25, 0.3) is 10.8 Å². The summed E-state index contributed by atoms with van der Waals surface area (Å²) < 4.78 is 61.7. The summed E-state index contributed by atoms with van der Waals surface area (Å²) in [4.78, 5) is 13.2. The van der Waals surface area contributed by atoms with E-state index in [1.807, 2.05) is 19.9 Å². The molecule has 0 saturated carbocycles. The first kappa shape index (κ1) is 28.2. The number of allylic oxidation sites excluding steroid dienone is 2. The molecule has 1 unspecified atom stereocenters. The molecule has 37 heavy (non-hydrogen) atoms. The number of ether oxygens (including phenoxy) is 4. The van der Waals surface area contributed by atoms with Crippen LogP contribution in [0.2, 0.25) is 0 Å². The molecule has 0 fully saturated rings. The molecule has 3 rings (SSSR count). The highest BCUT2D eigenvalue weighted by molar-refractivity contribution is 8.14. The lowest BCUT2D eigenvalue weighted by molar-refractivity contribution is -0.137. The molecule has 0 spiro atoms. The molecule has 0 aliphatic heterocycles. The van der Waals surface area contributed by atoms with Crippen molar-refractivity contribution in [2.45, 2.75) is 31.7 Å². The topological polar surface area (TPSA) is 54.0 Å². The Hall–Kier alpha value is -3.33. The van der Waals surface area contributed by atoms with Gasteiger partial charge in [0.05, 0.1) is 44.8 Å². The maximum Gasteiger partial charge on any atom is 0.416 e. The highest BCUT2D eigenvalue weighted by Gasteiger charge is 2.31. The van der Waals surface area contributed by atoms with Gasteiger partial charge in [-0.15, -0.1) is 0 Å². The van der Waals surface area contributed by atoms with Crippen molar-refractivity contribution >= 4 is 27.6 Å². The van der Waals surface area contributed by atoms with E-state index in [4.69, 9.17) is 18.9 Å². The minimum absolute atomic E-state index is 0.172. The van der Waals surface area contributed by atoms with Crippen LogP contribution in [0.15, 0.2) is 54.1 Å². The molecule has 0 aromatic heterocycles. The Balaban J connectivity index is 2.17. The van der Waals surface area contributed by atoms with Crippen molar-refractivity contribution in [2.75, 3.05) is 28.4 Å². The number of methoxy groups -OCH3 is 4. The van der Waals surface area contributed by atoms with Crippen molar-refractivity contribution in [1.82, 2.24) is 0 Å². The molecule has 0 radical (unpaired) electrons. The number of hydrogen-bond donors (Lipinski definition) is 0. The normalized spacial score (nSPS) is 12.1. The molecule has 1 atom stereocenters. The van der Waals surface area contributed by atoms with E-state index in [0.717, 1.165) is 29.5 Å². The number of carbonyl (C=O) groups is 1. The number of alkyl halides is 3. The van der Waals surface area contributed by atoms with E-state index in [-0.39, 0.29) is 10.7 Å². The first-order valence-electron chi connectivity index (χ1n) is 11.4. The van der Waals surface area contributed by atoms with Gasteiger partial charge in [-0.25, -0.2) is 0 Å². The van der Waals surface area contributed by atoms with Gasteiger partial charge in [0, 0.05) is 16.4 Å². The molecule has 5 nitrogen and oxygen atoms in total. The van der Waals surface area contributed by atoms with Gasteiger partial charge in [-0.2, -0.15) is 13.2 Å². The number of carbonyl (C=O) groups excluding carboxylic acids is 1. The van der Waals surface area contributed by atoms with Gasteiger partial charge in [-0.1, -0.05) is 23.4 Å². The van der Waals surface area contributed by atoms with Crippen molar-refractivity contribution in [3.63, 3.8) is 0 Å². The third-order valence-electron chi connectivity index (χ3n) is 5.80. The van der Waals surface area contributed by atoms with Crippen LogP contribution >= 0.6 is 11.8 Å². The summed E-state index contributed by atoms with van der Waals surface area (Å²) in [7, 11) is 6.17. The van der Waals surface area contributed by atoms with Gasteiger partial charge in [0.25, 0.3) is 0 Å². The van der Waals surface area contributed by atoms with Crippen molar-refractivity contribution in [3.8, 4) is 23.0 Å². The first-order chi connectivity index (χ1) is 17.5. The first-order valence-corrected chi connectivity index (χ1v) is 12.2. The molecule has 9 heteroatoms. The summed E-state index contributed by atoms with van der Waals surface area (Å²) in [5, 5.41) is 0.488. The smallest absolute Gasteiger partial charge is 0.416 e. The number of benzene rings is 3. The van der Waals surface area contributed by atoms with Gasteiger partial charge in [0.15, 0.2) is 0 Å². The maximum absolute atomic E-state index is 13.2. The molecule has 3 aromatic carbocycles. The highest BCUT2D eigenvalue weighted by atomic mass is 32.2. The molecular formula is C28H29F3O5S. The third-order valence-corrected chi connectivity index (χ3v) is 6.98. The highest BCUT2D eigenvalue weighted by Crippen LogP contribution is 2.51. The number of fused-ring (bicyclic) bond motifs is 1. The van der Waals surface area contributed by atoms with Crippen LogP contribution in [0.5, 0.6) is 23.0 Å². The zero-order valence-corrected chi connectivity index (χ0v) is 22.3. The van der Waals surface area contributed by atoms with Crippen molar-refractivity contribution in [1.29, 1.82) is 0 Å². The molecule has 3 aromatic rings. The molecule has 0 bridgehead atoms. The van der Waals surface area contributed by atoms with Gasteiger partial charge in [-0.05, 0) is 62.7 Å². The monoisotopic (exact) mass is 534 g/mol. The van der Waals surface area contributed by atoms with E-state index in [9.17, 15) is 18.0 Å². The SMILES string of the molecule is COc1ccc(OC)c2c(OC)c(C(CC=C(C)C)SC(=O)c3ccc(C(F)(F)F)cc3)cc(OC)c12. The predicted octanol–water partition coefficient (Wildman–Crippen LogP) is 7.86. The minimum Gasteiger partial charge on any atom is -0.496 e. The summed E-state index contributed by atoms with van der Waals surface area (Å²) in [6, 6.07) is 9.56. The summed E-state index contributed by atoms with van der Waals surface area (Å²) in [5.41, 5.74) is 1.10. The van der Waals surface area contributed by atoms with E-state index in [0.29, 0.717) is 45.8 Å². The third kappa shape index (κ3) is 6.15.